The topological polar surface area (TPSA) is 64.0 Å². The molecule has 1 aromatic carbocycles. The van der Waals surface area contributed by atoms with Crippen LogP contribution in [0, 0.1) is 13.8 Å². The fraction of sp³-hybridized carbons (Fsp3) is 0.438. The molecular weight excluding hydrogens is 298 g/mol. The van der Waals surface area contributed by atoms with Gasteiger partial charge in [-0.15, -0.1) is 0 Å². The zero-order valence-electron chi connectivity index (χ0n) is 13.5. The lowest BCUT2D eigenvalue weighted by Gasteiger charge is -2.17. The van der Waals surface area contributed by atoms with E-state index >= 15 is 0 Å². The summed E-state index contributed by atoms with van der Waals surface area (Å²) in [6.07, 6.45) is 2.27. The highest BCUT2D eigenvalue weighted by atomic mass is 32.2. The van der Waals surface area contributed by atoms with E-state index in [4.69, 9.17) is 0 Å². The van der Waals surface area contributed by atoms with Crippen LogP contribution in [0.3, 0.4) is 0 Å². The third-order valence-corrected chi connectivity index (χ3v) is 5.27. The molecule has 0 aliphatic heterocycles. The van der Waals surface area contributed by atoms with Gasteiger partial charge in [0.1, 0.15) is 4.90 Å². The summed E-state index contributed by atoms with van der Waals surface area (Å²) in [5.74, 6) is 0. The first-order valence-corrected chi connectivity index (χ1v) is 8.98. The fourth-order valence-corrected chi connectivity index (χ4v) is 3.86. The molecule has 0 bridgehead atoms. The van der Waals surface area contributed by atoms with Gasteiger partial charge < -0.3 is 0 Å². The predicted octanol–water partition coefficient (Wildman–Crippen LogP) is 2.95. The number of hydrogen-bond donors (Lipinski definition) is 1. The van der Waals surface area contributed by atoms with E-state index < -0.39 is 10.0 Å². The van der Waals surface area contributed by atoms with Crippen molar-refractivity contribution in [3.05, 3.63) is 47.3 Å². The summed E-state index contributed by atoms with van der Waals surface area (Å²) in [4.78, 5) is 0.250. The van der Waals surface area contributed by atoms with Crippen molar-refractivity contribution >= 4 is 10.0 Å². The Balaban J connectivity index is 2.29. The summed E-state index contributed by atoms with van der Waals surface area (Å²) in [6, 6.07) is 7.68. The molecule has 5 nitrogen and oxygen atoms in total. The first-order valence-electron chi connectivity index (χ1n) is 7.50. The van der Waals surface area contributed by atoms with E-state index in [1.807, 2.05) is 45.0 Å². The lowest BCUT2D eigenvalue weighted by Crippen LogP contribution is -2.28. The van der Waals surface area contributed by atoms with Gasteiger partial charge in [0.15, 0.2) is 0 Å². The maximum atomic E-state index is 12.6. The standard InChI is InChI=1S/C16H23N3O2S/c1-5-15(14-9-7-12(3)8-10-14)18-22(20,21)16-11-19(6-2)17-13(16)4/h7-11,15,18H,5-6H2,1-4H3. The van der Waals surface area contributed by atoms with Crippen LogP contribution in [-0.4, -0.2) is 18.2 Å². The first-order chi connectivity index (χ1) is 10.4. The third kappa shape index (κ3) is 3.56. The molecule has 120 valence electrons. The second-order valence-corrected chi connectivity index (χ2v) is 7.11. The Labute approximate surface area is 132 Å². The lowest BCUT2D eigenvalue weighted by molar-refractivity contribution is 0.549. The van der Waals surface area contributed by atoms with Crippen LogP contribution < -0.4 is 4.72 Å². The number of nitrogens with zero attached hydrogens (tertiary/aromatic N) is 2. The minimum atomic E-state index is -3.58. The van der Waals surface area contributed by atoms with Crippen molar-refractivity contribution in [2.75, 3.05) is 0 Å². The molecule has 0 spiro atoms. The van der Waals surface area contributed by atoms with Gasteiger partial charge in [-0.3, -0.25) is 4.68 Å². The quantitative estimate of drug-likeness (QED) is 0.889. The van der Waals surface area contributed by atoms with Crippen molar-refractivity contribution < 1.29 is 8.42 Å². The Morgan fingerprint density at radius 2 is 1.82 bits per heavy atom. The van der Waals surface area contributed by atoms with Crippen LogP contribution in [0.1, 0.15) is 43.1 Å². The highest BCUT2D eigenvalue weighted by Crippen LogP contribution is 2.22. The van der Waals surface area contributed by atoms with Crippen LogP contribution in [0.15, 0.2) is 35.4 Å². The van der Waals surface area contributed by atoms with Crippen molar-refractivity contribution in [2.45, 2.75) is 51.6 Å². The largest absolute Gasteiger partial charge is 0.271 e. The highest BCUT2D eigenvalue weighted by Gasteiger charge is 2.24. The number of sulfonamides is 1. The van der Waals surface area contributed by atoms with Gasteiger partial charge in [0, 0.05) is 18.8 Å². The summed E-state index contributed by atoms with van der Waals surface area (Å²) in [5, 5.41) is 4.21. The summed E-state index contributed by atoms with van der Waals surface area (Å²) in [6.45, 7) is 8.27. The third-order valence-electron chi connectivity index (χ3n) is 3.70. The van der Waals surface area contributed by atoms with Crippen LogP contribution in [-0.2, 0) is 16.6 Å². The molecule has 6 heteroatoms. The lowest BCUT2D eigenvalue weighted by atomic mass is 10.0. The van der Waals surface area contributed by atoms with Gasteiger partial charge in [0.05, 0.1) is 5.69 Å². The smallest absolute Gasteiger partial charge is 0.244 e. The van der Waals surface area contributed by atoms with E-state index in [1.165, 1.54) is 0 Å². The summed E-state index contributed by atoms with van der Waals surface area (Å²) in [5.41, 5.74) is 2.65. The second kappa shape index (κ2) is 6.62. The monoisotopic (exact) mass is 321 g/mol. The first kappa shape index (κ1) is 16.7. The molecule has 2 rings (SSSR count). The summed E-state index contributed by atoms with van der Waals surface area (Å²) in [7, 11) is -3.58. The molecule has 1 aromatic heterocycles. The number of benzene rings is 1. The van der Waals surface area contributed by atoms with Crippen LogP contribution in [0.4, 0.5) is 0 Å². The molecule has 1 atom stereocenters. The SMILES string of the molecule is CCC(NS(=O)(=O)c1cn(CC)nc1C)c1ccc(C)cc1. The van der Waals surface area contributed by atoms with Crippen LogP contribution in [0.2, 0.25) is 0 Å². The maximum absolute atomic E-state index is 12.6. The van der Waals surface area contributed by atoms with Crippen LogP contribution in [0.25, 0.3) is 0 Å². The molecule has 1 unspecified atom stereocenters. The summed E-state index contributed by atoms with van der Waals surface area (Å²) >= 11 is 0. The number of aromatic nitrogens is 2. The minimum Gasteiger partial charge on any atom is -0.271 e. The zero-order chi connectivity index (χ0) is 16.3. The molecule has 1 N–H and O–H groups in total. The average molecular weight is 321 g/mol. The van der Waals surface area contributed by atoms with E-state index in [2.05, 4.69) is 9.82 Å². The molecular formula is C16H23N3O2S. The molecule has 0 radical (unpaired) electrons. The van der Waals surface area contributed by atoms with E-state index in [9.17, 15) is 8.42 Å². The molecule has 2 aromatic rings. The molecule has 0 amide bonds. The second-order valence-electron chi connectivity index (χ2n) is 5.43. The van der Waals surface area contributed by atoms with E-state index in [1.54, 1.807) is 17.8 Å². The molecule has 0 saturated carbocycles. The predicted molar refractivity (Wildman–Crippen MR) is 87.2 cm³/mol. The van der Waals surface area contributed by atoms with Gasteiger partial charge in [-0.05, 0) is 32.8 Å². The Hall–Kier alpha value is -1.66. The summed E-state index contributed by atoms with van der Waals surface area (Å²) < 4.78 is 29.7. The van der Waals surface area contributed by atoms with E-state index in [0.717, 1.165) is 11.1 Å². The van der Waals surface area contributed by atoms with Crippen molar-refractivity contribution in [1.82, 2.24) is 14.5 Å². The number of aryl methyl sites for hydroxylation is 3. The van der Waals surface area contributed by atoms with Gasteiger partial charge in [-0.25, -0.2) is 13.1 Å². The highest BCUT2D eigenvalue weighted by molar-refractivity contribution is 7.89. The number of hydrogen-bond acceptors (Lipinski definition) is 3. The zero-order valence-corrected chi connectivity index (χ0v) is 14.3. The van der Waals surface area contributed by atoms with Crippen molar-refractivity contribution in [3.8, 4) is 0 Å². The van der Waals surface area contributed by atoms with Crippen LogP contribution in [0.5, 0.6) is 0 Å². The van der Waals surface area contributed by atoms with E-state index in [0.29, 0.717) is 18.7 Å². The van der Waals surface area contributed by atoms with Crippen molar-refractivity contribution in [3.63, 3.8) is 0 Å². The molecule has 22 heavy (non-hydrogen) atoms. The fourth-order valence-electron chi connectivity index (χ4n) is 2.36. The number of nitrogens with one attached hydrogen (secondary N) is 1. The molecule has 0 saturated heterocycles. The Kier molecular flexibility index (Phi) is 5.03. The molecule has 1 heterocycles. The van der Waals surface area contributed by atoms with Gasteiger partial charge in [-0.2, -0.15) is 5.10 Å². The van der Waals surface area contributed by atoms with E-state index in [-0.39, 0.29) is 10.9 Å². The maximum Gasteiger partial charge on any atom is 0.244 e. The van der Waals surface area contributed by atoms with Crippen LogP contribution >= 0.6 is 0 Å². The van der Waals surface area contributed by atoms with Gasteiger partial charge in [0.2, 0.25) is 10.0 Å². The number of rotatable bonds is 6. The van der Waals surface area contributed by atoms with Gasteiger partial charge >= 0.3 is 0 Å². The minimum absolute atomic E-state index is 0.241. The van der Waals surface area contributed by atoms with Crippen molar-refractivity contribution in [2.24, 2.45) is 0 Å². The van der Waals surface area contributed by atoms with Gasteiger partial charge in [0.25, 0.3) is 0 Å². The molecule has 0 aliphatic rings. The Morgan fingerprint density at radius 1 is 1.18 bits per heavy atom. The Morgan fingerprint density at radius 3 is 2.32 bits per heavy atom. The van der Waals surface area contributed by atoms with Gasteiger partial charge in [-0.1, -0.05) is 36.8 Å². The van der Waals surface area contributed by atoms with Crippen molar-refractivity contribution in [1.29, 1.82) is 0 Å². The Bertz CT molecular complexity index is 733. The normalized spacial score (nSPS) is 13.3. The average Bonchev–Trinajstić information content (AvgIpc) is 2.88. The molecule has 0 aliphatic carbocycles. The molecule has 0 fully saturated rings.